The normalized spacial score (nSPS) is 23.3. The Hall–Kier alpha value is -3.62. The van der Waals surface area contributed by atoms with Crippen LogP contribution in [-0.2, 0) is 16.1 Å². The number of rotatable bonds is 7. The molecule has 8 heteroatoms. The van der Waals surface area contributed by atoms with E-state index in [0.29, 0.717) is 11.5 Å². The van der Waals surface area contributed by atoms with Gasteiger partial charge >= 0.3 is 5.97 Å². The zero-order valence-electron chi connectivity index (χ0n) is 19.5. The molecular formula is C27H27FN2O5. The van der Waals surface area contributed by atoms with E-state index in [9.17, 15) is 9.18 Å². The molecule has 35 heavy (non-hydrogen) atoms. The monoisotopic (exact) mass is 478 g/mol. The molecular weight excluding hydrogens is 451 g/mol. The Morgan fingerprint density at radius 2 is 1.74 bits per heavy atom. The highest BCUT2D eigenvalue weighted by atomic mass is 19.1. The molecule has 7 nitrogen and oxygen atoms in total. The minimum atomic E-state index is -0.455. The van der Waals surface area contributed by atoms with Gasteiger partial charge in [-0.1, -0.05) is 30.3 Å². The summed E-state index contributed by atoms with van der Waals surface area (Å²) in [4.78, 5) is 12.4. The number of carbonyl (C=O) groups excluding carboxylic acids is 1. The van der Waals surface area contributed by atoms with Gasteiger partial charge in [-0.3, -0.25) is 4.79 Å². The van der Waals surface area contributed by atoms with Crippen LogP contribution in [0.3, 0.4) is 0 Å². The second-order valence-corrected chi connectivity index (χ2v) is 8.67. The van der Waals surface area contributed by atoms with E-state index in [1.807, 2.05) is 42.5 Å². The smallest absolute Gasteiger partial charge is 0.308 e. The third-order valence-electron chi connectivity index (χ3n) is 6.60. The van der Waals surface area contributed by atoms with Crippen molar-refractivity contribution in [3.8, 4) is 17.2 Å². The Morgan fingerprint density at radius 1 is 0.943 bits per heavy atom. The van der Waals surface area contributed by atoms with Crippen LogP contribution in [-0.4, -0.2) is 26.4 Å². The Kier molecular flexibility index (Phi) is 6.57. The molecule has 0 bridgehead atoms. The molecule has 0 aliphatic carbocycles. The molecule has 2 aliphatic heterocycles. The predicted octanol–water partition coefficient (Wildman–Crippen LogP) is 4.24. The van der Waals surface area contributed by atoms with Gasteiger partial charge in [-0.05, 0) is 53.1 Å². The average molecular weight is 479 g/mol. The summed E-state index contributed by atoms with van der Waals surface area (Å²) in [6.45, 7) is 0.210. The average Bonchev–Trinajstić information content (AvgIpc) is 3.30. The number of carbonyl (C=O) groups is 1. The number of methoxy groups -OCH3 is 2. The summed E-state index contributed by atoms with van der Waals surface area (Å²) in [5, 5.41) is 0. The van der Waals surface area contributed by atoms with Crippen LogP contribution in [0.2, 0.25) is 0 Å². The first kappa shape index (κ1) is 23.1. The standard InChI is InChI=1S/C27H27FN2O5/c1-32-20-9-6-17(7-10-20)26-25-21(14-24(31)35-27(25)30-29-26)18-8-11-22(23(13-18)33-2)34-15-16-4-3-5-19(28)12-16/h3-13,21,25-27,29-30H,14-15H2,1-2H3. The van der Waals surface area contributed by atoms with Gasteiger partial charge < -0.3 is 18.9 Å². The van der Waals surface area contributed by atoms with Crippen LogP contribution in [0.15, 0.2) is 66.7 Å². The third kappa shape index (κ3) is 4.80. The Morgan fingerprint density at radius 3 is 2.49 bits per heavy atom. The number of hydrogen-bond acceptors (Lipinski definition) is 7. The van der Waals surface area contributed by atoms with Gasteiger partial charge in [0.05, 0.1) is 26.7 Å². The van der Waals surface area contributed by atoms with E-state index < -0.39 is 6.23 Å². The minimum Gasteiger partial charge on any atom is -0.497 e. The number of hydrogen-bond donors (Lipinski definition) is 2. The van der Waals surface area contributed by atoms with E-state index in [1.54, 1.807) is 26.4 Å². The van der Waals surface area contributed by atoms with Gasteiger partial charge in [0, 0.05) is 11.8 Å². The van der Waals surface area contributed by atoms with Crippen LogP contribution in [0, 0.1) is 11.7 Å². The molecule has 3 aromatic carbocycles. The lowest BCUT2D eigenvalue weighted by atomic mass is 9.76. The molecule has 0 saturated carbocycles. The number of nitrogens with one attached hydrogen (secondary N) is 2. The van der Waals surface area contributed by atoms with E-state index in [4.69, 9.17) is 18.9 Å². The minimum absolute atomic E-state index is 0.0372. The quantitative estimate of drug-likeness (QED) is 0.492. The molecule has 2 heterocycles. The number of halogens is 1. The number of benzene rings is 3. The molecule has 3 aromatic rings. The van der Waals surface area contributed by atoms with Gasteiger partial charge in [0.15, 0.2) is 17.7 Å². The fourth-order valence-corrected chi connectivity index (χ4v) is 4.87. The number of fused-ring (bicyclic) bond motifs is 1. The summed E-state index contributed by atoms with van der Waals surface area (Å²) in [5.41, 5.74) is 9.18. The summed E-state index contributed by atoms with van der Waals surface area (Å²) in [7, 11) is 3.21. The van der Waals surface area contributed by atoms with Crippen LogP contribution >= 0.6 is 0 Å². The van der Waals surface area contributed by atoms with E-state index in [-0.39, 0.29) is 42.7 Å². The summed E-state index contributed by atoms with van der Waals surface area (Å²) >= 11 is 0. The van der Waals surface area contributed by atoms with Gasteiger partial charge in [0.2, 0.25) is 0 Å². The zero-order chi connectivity index (χ0) is 24.4. The molecule has 0 spiro atoms. The van der Waals surface area contributed by atoms with Crippen LogP contribution in [0.1, 0.15) is 35.1 Å². The molecule has 2 N–H and O–H groups in total. The van der Waals surface area contributed by atoms with Crippen molar-refractivity contribution in [2.45, 2.75) is 31.2 Å². The first-order valence-electron chi connectivity index (χ1n) is 11.5. The molecule has 4 unspecified atom stereocenters. The van der Waals surface area contributed by atoms with Crippen molar-refractivity contribution in [3.63, 3.8) is 0 Å². The first-order chi connectivity index (χ1) is 17.1. The van der Waals surface area contributed by atoms with Crippen molar-refractivity contribution >= 4 is 5.97 Å². The van der Waals surface area contributed by atoms with Crippen molar-refractivity contribution in [1.29, 1.82) is 0 Å². The maximum absolute atomic E-state index is 13.5. The highest BCUT2D eigenvalue weighted by Gasteiger charge is 2.48. The molecule has 0 amide bonds. The second-order valence-electron chi connectivity index (χ2n) is 8.67. The Labute approximate surface area is 203 Å². The number of esters is 1. The molecule has 0 radical (unpaired) electrons. The summed E-state index contributed by atoms with van der Waals surface area (Å²) < 4.78 is 35.9. The zero-order valence-corrected chi connectivity index (χ0v) is 19.5. The molecule has 5 rings (SSSR count). The Balaban J connectivity index is 1.40. The lowest BCUT2D eigenvalue weighted by Crippen LogP contribution is -2.42. The van der Waals surface area contributed by atoms with Crippen molar-refractivity contribution in [2.24, 2.45) is 5.92 Å². The lowest BCUT2D eigenvalue weighted by Gasteiger charge is -2.35. The topological polar surface area (TPSA) is 78.0 Å². The Bertz CT molecular complexity index is 1200. The fraction of sp³-hybridized carbons (Fsp3) is 0.296. The molecule has 0 aromatic heterocycles. The van der Waals surface area contributed by atoms with Crippen molar-refractivity contribution in [2.75, 3.05) is 14.2 Å². The van der Waals surface area contributed by atoms with Crippen LogP contribution in [0.25, 0.3) is 0 Å². The van der Waals surface area contributed by atoms with E-state index in [2.05, 4.69) is 10.9 Å². The summed E-state index contributed by atoms with van der Waals surface area (Å²) in [6.07, 6.45) is -0.202. The maximum atomic E-state index is 13.5. The van der Waals surface area contributed by atoms with E-state index in [0.717, 1.165) is 22.4 Å². The highest BCUT2D eigenvalue weighted by Crippen LogP contribution is 2.46. The van der Waals surface area contributed by atoms with Gasteiger partial charge in [0.1, 0.15) is 18.2 Å². The molecule has 2 fully saturated rings. The molecule has 2 aliphatic rings. The van der Waals surface area contributed by atoms with Gasteiger partial charge in [-0.2, -0.15) is 0 Å². The highest BCUT2D eigenvalue weighted by molar-refractivity contribution is 5.72. The SMILES string of the molecule is COc1ccc(C2NNC3OC(=O)CC(c4ccc(OCc5cccc(F)c5)c(OC)c4)C32)cc1. The van der Waals surface area contributed by atoms with Crippen LogP contribution < -0.4 is 25.1 Å². The van der Waals surface area contributed by atoms with E-state index >= 15 is 0 Å². The summed E-state index contributed by atoms with van der Waals surface area (Å²) in [6, 6.07) is 19.8. The molecule has 182 valence electrons. The fourth-order valence-electron chi connectivity index (χ4n) is 4.87. The molecule has 4 atom stereocenters. The number of ether oxygens (including phenoxy) is 4. The summed E-state index contributed by atoms with van der Waals surface area (Å²) in [5.74, 6) is 1.16. The van der Waals surface area contributed by atoms with Crippen LogP contribution in [0.4, 0.5) is 4.39 Å². The third-order valence-corrected chi connectivity index (χ3v) is 6.60. The number of hydrazine groups is 1. The van der Waals surface area contributed by atoms with Crippen molar-refractivity contribution in [1.82, 2.24) is 10.9 Å². The van der Waals surface area contributed by atoms with Crippen LogP contribution in [0.5, 0.6) is 17.2 Å². The maximum Gasteiger partial charge on any atom is 0.308 e. The van der Waals surface area contributed by atoms with E-state index in [1.165, 1.54) is 12.1 Å². The van der Waals surface area contributed by atoms with Gasteiger partial charge in [0.25, 0.3) is 0 Å². The van der Waals surface area contributed by atoms with Gasteiger partial charge in [-0.25, -0.2) is 15.2 Å². The predicted molar refractivity (Wildman–Crippen MR) is 126 cm³/mol. The van der Waals surface area contributed by atoms with Crippen molar-refractivity contribution in [3.05, 3.63) is 89.2 Å². The first-order valence-corrected chi connectivity index (χ1v) is 11.5. The lowest BCUT2D eigenvalue weighted by molar-refractivity contribution is -0.160. The largest absolute Gasteiger partial charge is 0.497 e. The molecule has 2 saturated heterocycles. The van der Waals surface area contributed by atoms with Gasteiger partial charge in [-0.15, -0.1) is 0 Å². The second kappa shape index (κ2) is 9.93. The van der Waals surface area contributed by atoms with Crippen molar-refractivity contribution < 1.29 is 28.1 Å².